The highest BCUT2D eigenvalue weighted by molar-refractivity contribution is 6.18. The Morgan fingerprint density at radius 3 is 1.05 bits per heavy atom. The number of hydrogen-bond acceptors (Lipinski definition) is 10. The highest BCUT2D eigenvalue weighted by Crippen LogP contribution is 2.46. The van der Waals surface area contributed by atoms with Gasteiger partial charge in [0.15, 0.2) is 34.9 Å². The Kier molecular flexibility index (Phi) is 13.0. The molecule has 0 saturated carbocycles. The van der Waals surface area contributed by atoms with Crippen LogP contribution in [0.3, 0.4) is 0 Å². The van der Waals surface area contributed by atoms with Crippen molar-refractivity contribution >= 4 is 87.8 Å². The van der Waals surface area contributed by atoms with Crippen molar-refractivity contribution in [3.8, 4) is 124 Å². The van der Waals surface area contributed by atoms with Gasteiger partial charge >= 0.3 is 0 Å². The molecular weight excluding hydrogens is 1230 g/mol. The van der Waals surface area contributed by atoms with Gasteiger partial charge in [-0.05, 0) is 116 Å². The molecule has 14 aromatic carbocycles. The van der Waals surface area contributed by atoms with Crippen molar-refractivity contribution in [2.75, 3.05) is 0 Å². The van der Waals surface area contributed by atoms with Crippen LogP contribution in [0.1, 0.15) is 0 Å². The quantitative estimate of drug-likeness (QED) is 0.123. The van der Waals surface area contributed by atoms with Crippen LogP contribution in [0.2, 0.25) is 0 Å². The zero-order valence-corrected chi connectivity index (χ0v) is 53.3. The number of benzene rings is 14. The third kappa shape index (κ3) is 9.49. The molecular formula is C90H52N6O4. The summed E-state index contributed by atoms with van der Waals surface area (Å²) in [4.78, 5) is 31.0. The fourth-order valence-corrected chi connectivity index (χ4v) is 14.5. The fourth-order valence-electron chi connectivity index (χ4n) is 14.5. The second kappa shape index (κ2) is 23.0. The molecule has 0 spiro atoms. The Bertz CT molecular complexity index is 6640. The maximum atomic E-state index is 6.87. The minimum absolute atomic E-state index is 0.496. The molecule has 0 fully saturated rings. The summed E-state index contributed by atoms with van der Waals surface area (Å²) in [5.74, 6) is 3.12. The number of fused-ring (bicyclic) bond motifs is 12. The van der Waals surface area contributed by atoms with Crippen molar-refractivity contribution in [3.05, 3.63) is 315 Å². The maximum absolute atomic E-state index is 6.87. The number of nitrogens with zero attached hydrogens (tertiary/aromatic N) is 6. The van der Waals surface area contributed by atoms with Gasteiger partial charge < -0.3 is 17.7 Å². The molecule has 10 nitrogen and oxygen atoms in total. The van der Waals surface area contributed by atoms with E-state index in [1.165, 1.54) is 5.56 Å². The van der Waals surface area contributed by atoms with Gasteiger partial charge in [0, 0.05) is 59.8 Å². The number of rotatable bonds is 11. The molecule has 20 aromatic rings. The van der Waals surface area contributed by atoms with Gasteiger partial charge in [0.25, 0.3) is 0 Å². The Morgan fingerprint density at radius 2 is 0.490 bits per heavy atom. The lowest BCUT2D eigenvalue weighted by molar-refractivity contribution is 0.668. The first-order chi connectivity index (χ1) is 49.5. The number of furan rings is 4. The summed E-state index contributed by atoms with van der Waals surface area (Å²) in [6.45, 7) is 0. The molecule has 100 heavy (non-hydrogen) atoms. The Labute approximate surface area is 571 Å². The van der Waals surface area contributed by atoms with E-state index in [9.17, 15) is 0 Å². The predicted octanol–water partition coefficient (Wildman–Crippen LogP) is 24.0. The highest BCUT2D eigenvalue weighted by Gasteiger charge is 2.25. The van der Waals surface area contributed by atoms with Crippen molar-refractivity contribution in [2.24, 2.45) is 0 Å². The summed E-state index contributed by atoms with van der Waals surface area (Å²) in [5.41, 5.74) is 21.8. The van der Waals surface area contributed by atoms with Gasteiger partial charge in [0.1, 0.15) is 44.7 Å². The second-order valence-corrected chi connectivity index (χ2v) is 25.1. The number of aromatic nitrogens is 6. The van der Waals surface area contributed by atoms with Crippen LogP contribution >= 0.6 is 0 Å². The largest absolute Gasteiger partial charge is 0.456 e. The lowest BCUT2D eigenvalue weighted by atomic mass is 9.94. The fraction of sp³-hybridized carbons (Fsp3) is 0. The molecule has 0 N–H and O–H groups in total. The van der Waals surface area contributed by atoms with Gasteiger partial charge in [-0.1, -0.05) is 255 Å². The van der Waals surface area contributed by atoms with Crippen LogP contribution in [0.25, 0.3) is 212 Å². The van der Waals surface area contributed by atoms with Gasteiger partial charge in [-0.2, -0.15) is 0 Å². The van der Waals surface area contributed by atoms with Crippen LogP contribution in [0, 0.1) is 0 Å². The van der Waals surface area contributed by atoms with Gasteiger partial charge in [-0.15, -0.1) is 0 Å². The van der Waals surface area contributed by atoms with Crippen LogP contribution in [0.5, 0.6) is 0 Å². The van der Waals surface area contributed by atoms with E-state index >= 15 is 0 Å². The van der Waals surface area contributed by atoms with E-state index in [1.807, 2.05) is 133 Å². The van der Waals surface area contributed by atoms with Crippen LogP contribution in [0.15, 0.2) is 333 Å². The van der Waals surface area contributed by atoms with Crippen molar-refractivity contribution in [3.63, 3.8) is 0 Å². The normalized spacial score (nSPS) is 11.8. The molecule has 0 radical (unpaired) electrons. The molecule has 0 amide bonds. The summed E-state index contributed by atoms with van der Waals surface area (Å²) >= 11 is 0. The van der Waals surface area contributed by atoms with Crippen LogP contribution in [-0.4, -0.2) is 29.9 Å². The molecule has 0 aliphatic carbocycles. The van der Waals surface area contributed by atoms with E-state index in [2.05, 4.69) is 182 Å². The monoisotopic (exact) mass is 1280 g/mol. The molecule has 466 valence electrons. The zero-order chi connectivity index (χ0) is 65.8. The van der Waals surface area contributed by atoms with Gasteiger partial charge in [0.05, 0.1) is 16.7 Å². The topological polar surface area (TPSA) is 130 Å². The average molecular weight is 1280 g/mol. The van der Waals surface area contributed by atoms with E-state index in [4.69, 9.17) is 47.6 Å². The smallest absolute Gasteiger partial charge is 0.167 e. The minimum atomic E-state index is 0.496. The first-order valence-electron chi connectivity index (χ1n) is 33.3. The molecule has 0 aliphatic rings. The SMILES string of the molecule is c1ccc(-c2ccc(-c3cccc4oc5c(-c6nc(-c7ccccc7)nc(-c7ccc8c(c7)oc7cccc(-c9cccc(-c%10ccc(-c%11cccc%12oc%13c(-c%14nc(-c%15ccccc%15)nc(-c%15cccc%16c%15oc%15ccccc%15%16)n%14)cccc%13c%11%12)cc%10)c9)c78)n6)cccc5c34)cc2)cc1. The van der Waals surface area contributed by atoms with Crippen molar-refractivity contribution in [1.82, 2.24) is 29.9 Å². The molecule has 0 atom stereocenters. The van der Waals surface area contributed by atoms with E-state index in [-0.39, 0.29) is 0 Å². The van der Waals surface area contributed by atoms with Crippen LogP contribution < -0.4 is 0 Å². The first-order valence-corrected chi connectivity index (χ1v) is 33.3. The lowest BCUT2D eigenvalue weighted by Crippen LogP contribution is -2.00. The van der Waals surface area contributed by atoms with Crippen LogP contribution in [-0.2, 0) is 0 Å². The summed E-state index contributed by atoms with van der Waals surface area (Å²) < 4.78 is 27.0. The van der Waals surface area contributed by atoms with E-state index in [0.29, 0.717) is 46.1 Å². The third-order valence-corrected chi connectivity index (χ3v) is 19.3. The minimum Gasteiger partial charge on any atom is -0.456 e. The molecule has 20 rings (SSSR count). The lowest BCUT2D eigenvalue weighted by Gasteiger charge is -2.10. The average Bonchev–Trinajstić information content (AvgIpc) is 1.59. The highest BCUT2D eigenvalue weighted by atomic mass is 16.3. The second-order valence-electron chi connectivity index (χ2n) is 25.1. The van der Waals surface area contributed by atoms with E-state index in [0.717, 1.165) is 160 Å². The van der Waals surface area contributed by atoms with E-state index in [1.54, 1.807) is 0 Å². The van der Waals surface area contributed by atoms with Gasteiger partial charge in [-0.3, -0.25) is 0 Å². The molecule has 10 heteroatoms. The summed E-state index contributed by atoms with van der Waals surface area (Å²) in [7, 11) is 0. The van der Waals surface area contributed by atoms with Crippen LogP contribution in [0.4, 0.5) is 0 Å². The van der Waals surface area contributed by atoms with Crippen molar-refractivity contribution < 1.29 is 17.7 Å². The first kappa shape index (κ1) is 56.6. The predicted molar refractivity (Wildman–Crippen MR) is 402 cm³/mol. The van der Waals surface area contributed by atoms with Gasteiger partial charge in [-0.25, -0.2) is 29.9 Å². The van der Waals surface area contributed by atoms with E-state index < -0.39 is 0 Å². The Morgan fingerprint density at radius 1 is 0.160 bits per heavy atom. The van der Waals surface area contributed by atoms with Crippen molar-refractivity contribution in [2.45, 2.75) is 0 Å². The zero-order valence-electron chi connectivity index (χ0n) is 53.3. The Hall–Kier alpha value is -13.7. The Balaban J connectivity index is 0.626. The summed E-state index contributed by atoms with van der Waals surface area (Å²) in [6.07, 6.45) is 0. The molecule has 6 aromatic heterocycles. The molecule has 0 aliphatic heterocycles. The number of hydrogen-bond donors (Lipinski definition) is 0. The third-order valence-electron chi connectivity index (χ3n) is 19.3. The molecule has 6 heterocycles. The summed E-state index contributed by atoms with van der Waals surface area (Å²) in [5, 5.41) is 8.03. The number of para-hydroxylation sites is 4. The van der Waals surface area contributed by atoms with Gasteiger partial charge in [0.2, 0.25) is 0 Å². The summed E-state index contributed by atoms with van der Waals surface area (Å²) in [6, 6.07) is 108. The van der Waals surface area contributed by atoms with Crippen molar-refractivity contribution in [1.29, 1.82) is 0 Å². The molecule has 0 unspecified atom stereocenters. The molecule has 0 saturated heterocycles. The molecule has 0 bridgehead atoms. The standard InChI is InChI=1S/C90H52N6O4/c1-4-19-53(20-5-1)54-41-45-56(46-42-54)63-28-16-39-76-80(63)69-32-14-35-72(83(69)99-76)88-92-85(58-21-6-2-7-22-58)91-87(95-88)62-49-50-68-78(52-62)97-75-38-18-30-65(79(68)75)61-26-12-25-60(51-61)55-43-47-57(48-44-55)64-29-17-40-77-81(64)70-33-15-36-73(84(70)100-77)90-94-86(59-23-8-3-9-24-59)93-89(96-90)71-34-13-31-67-66-27-10-11-37-74(66)98-82(67)71/h1-52H. The maximum Gasteiger partial charge on any atom is 0.167 e.